The van der Waals surface area contributed by atoms with Crippen molar-refractivity contribution in [2.45, 2.75) is 362 Å². The zero-order valence-electron chi connectivity index (χ0n) is 59.5. The van der Waals surface area contributed by atoms with Gasteiger partial charge in [0.05, 0.1) is 26.4 Å². The molecule has 92 heavy (non-hydrogen) atoms. The summed E-state index contributed by atoms with van der Waals surface area (Å²) in [7, 11) is -9.92. The first-order valence-electron chi connectivity index (χ1n) is 37.2. The Morgan fingerprint density at radius 2 is 0.587 bits per heavy atom. The third kappa shape index (κ3) is 66.2. The van der Waals surface area contributed by atoms with Gasteiger partial charge in [-0.15, -0.1) is 0 Å². The SMILES string of the molecule is CCCCCC/C=C\C=C/CCCCCCCC(=O)OC[C@H](COP(=O)(O)OCC(O)COP(=O)(O)OC[C@@H](COC(=O)CCCCCCCCCCC(C)C)OC(=O)CCCCCCCCCC(C)C)OC(=O)CCCCCCCCCCCCCCCC(C)C. The molecule has 3 N–H and O–H groups in total. The van der Waals surface area contributed by atoms with Crippen molar-refractivity contribution < 1.29 is 80.2 Å². The molecule has 0 aromatic heterocycles. The van der Waals surface area contributed by atoms with Gasteiger partial charge in [0.15, 0.2) is 12.2 Å². The number of hydrogen-bond donors (Lipinski definition) is 3. The molecule has 0 heterocycles. The molecule has 0 aliphatic heterocycles. The van der Waals surface area contributed by atoms with E-state index in [9.17, 15) is 43.2 Å². The topological polar surface area (TPSA) is 237 Å². The van der Waals surface area contributed by atoms with Crippen molar-refractivity contribution in [1.82, 2.24) is 0 Å². The van der Waals surface area contributed by atoms with Crippen LogP contribution in [0.25, 0.3) is 0 Å². The Morgan fingerprint density at radius 1 is 0.337 bits per heavy atom. The van der Waals surface area contributed by atoms with E-state index in [1.54, 1.807) is 0 Å². The van der Waals surface area contributed by atoms with Gasteiger partial charge < -0.3 is 33.8 Å². The summed E-state index contributed by atoms with van der Waals surface area (Å²) in [5.74, 6) is 0.0477. The Hall–Kier alpha value is -2.46. The number of phosphoric ester groups is 2. The molecule has 0 aliphatic rings. The van der Waals surface area contributed by atoms with E-state index in [4.69, 9.17) is 37.0 Å². The van der Waals surface area contributed by atoms with Crippen molar-refractivity contribution in [3.63, 3.8) is 0 Å². The lowest BCUT2D eigenvalue weighted by molar-refractivity contribution is -0.161. The van der Waals surface area contributed by atoms with Crippen LogP contribution in [0, 0.1) is 17.8 Å². The van der Waals surface area contributed by atoms with Gasteiger partial charge in [0.2, 0.25) is 0 Å². The van der Waals surface area contributed by atoms with Crippen LogP contribution in [-0.2, 0) is 65.4 Å². The molecule has 19 heteroatoms. The number of ether oxygens (including phenoxy) is 4. The van der Waals surface area contributed by atoms with Crippen LogP contribution in [0.4, 0.5) is 0 Å². The van der Waals surface area contributed by atoms with Gasteiger partial charge >= 0.3 is 39.5 Å². The molecule has 0 rings (SSSR count). The lowest BCUT2D eigenvalue weighted by Crippen LogP contribution is -2.30. The average Bonchev–Trinajstić information content (AvgIpc) is 2.42. The third-order valence-electron chi connectivity index (χ3n) is 16.3. The van der Waals surface area contributed by atoms with Gasteiger partial charge in [-0.3, -0.25) is 37.3 Å². The minimum Gasteiger partial charge on any atom is -0.462 e. The highest BCUT2D eigenvalue weighted by Crippen LogP contribution is 2.45. The number of unbranched alkanes of at least 4 members (excludes halogenated alkanes) is 34. The molecule has 0 saturated heterocycles. The van der Waals surface area contributed by atoms with Crippen LogP contribution < -0.4 is 0 Å². The standard InChI is InChI=1S/C73H138O17P2/c1-8-9-10-11-12-13-14-15-16-19-22-25-33-40-47-54-70(75)83-60-68(89-72(77)56-49-42-35-26-23-20-17-18-21-24-30-37-44-51-64(2)3)62-87-91(79,80)85-58-67(74)59-86-92(81,82)88-63-69(90-73(78)57-50-43-36-29-32-39-46-53-66(6)7)61-84-71(76)55-48-41-34-28-27-31-38-45-52-65(4)5/h13-16,64-69,74H,8-12,17-63H2,1-7H3,(H,79,80)(H,81,82)/b14-13-,16-15-/t67?,68-,69-/m1/s1. The van der Waals surface area contributed by atoms with Crippen LogP contribution >= 0.6 is 15.6 Å². The van der Waals surface area contributed by atoms with Gasteiger partial charge in [-0.05, 0) is 69.1 Å². The van der Waals surface area contributed by atoms with Crippen molar-refractivity contribution in [3.8, 4) is 0 Å². The Bertz CT molecular complexity index is 1890. The zero-order valence-corrected chi connectivity index (χ0v) is 61.3. The summed E-state index contributed by atoms with van der Waals surface area (Å²) in [6.07, 6.45) is 50.9. The summed E-state index contributed by atoms with van der Waals surface area (Å²) in [6.45, 7) is 11.7. The van der Waals surface area contributed by atoms with E-state index in [-0.39, 0.29) is 25.7 Å². The highest BCUT2D eigenvalue weighted by Gasteiger charge is 2.30. The highest BCUT2D eigenvalue weighted by atomic mass is 31.2. The molecule has 0 radical (unpaired) electrons. The summed E-state index contributed by atoms with van der Waals surface area (Å²) in [6, 6.07) is 0. The van der Waals surface area contributed by atoms with Crippen LogP contribution in [0.5, 0.6) is 0 Å². The predicted molar refractivity (Wildman–Crippen MR) is 372 cm³/mol. The minimum atomic E-state index is -4.96. The van der Waals surface area contributed by atoms with Crippen molar-refractivity contribution in [2.24, 2.45) is 17.8 Å². The van der Waals surface area contributed by atoms with E-state index < -0.39 is 97.5 Å². The van der Waals surface area contributed by atoms with Crippen LogP contribution in [0.3, 0.4) is 0 Å². The maximum atomic E-state index is 13.0. The molecule has 0 amide bonds. The van der Waals surface area contributed by atoms with Crippen molar-refractivity contribution >= 4 is 39.5 Å². The first kappa shape index (κ1) is 89.5. The van der Waals surface area contributed by atoms with Gasteiger partial charge in [-0.2, -0.15) is 0 Å². The maximum Gasteiger partial charge on any atom is 0.472 e. The Balaban J connectivity index is 5.28. The largest absolute Gasteiger partial charge is 0.472 e. The normalized spacial score (nSPS) is 14.3. The van der Waals surface area contributed by atoms with Gasteiger partial charge in [0.1, 0.15) is 19.3 Å². The summed E-state index contributed by atoms with van der Waals surface area (Å²) < 4.78 is 68.3. The maximum absolute atomic E-state index is 13.0. The van der Waals surface area contributed by atoms with Crippen LogP contribution in [0.1, 0.15) is 344 Å². The molecular formula is C73H138O17P2. The third-order valence-corrected chi connectivity index (χ3v) is 18.2. The van der Waals surface area contributed by atoms with E-state index in [1.165, 1.54) is 135 Å². The second kappa shape index (κ2) is 63.3. The smallest absolute Gasteiger partial charge is 0.462 e. The Labute approximate surface area is 561 Å². The first-order chi connectivity index (χ1) is 44.2. The van der Waals surface area contributed by atoms with E-state index in [0.29, 0.717) is 31.6 Å². The number of esters is 4. The number of allylic oxidation sites excluding steroid dienone is 4. The van der Waals surface area contributed by atoms with Gasteiger partial charge in [-0.1, -0.05) is 291 Å². The molecule has 5 atom stereocenters. The van der Waals surface area contributed by atoms with Crippen LogP contribution in [-0.4, -0.2) is 96.7 Å². The summed E-state index contributed by atoms with van der Waals surface area (Å²) >= 11 is 0. The fourth-order valence-corrected chi connectivity index (χ4v) is 12.1. The number of hydrogen-bond acceptors (Lipinski definition) is 15. The number of phosphoric acid groups is 2. The summed E-state index contributed by atoms with van der Waals surface area (Å²) in [5, 5.41) is 10.6. The lowest BCUT2D eigenvalue weighted by Gasteiger charge is -2.21. The highest BCUT2D eigenvalue weighted by molar-refractivity contribution is 7.47. The van der Waals surface area contributed by atoms with Crippen molar-refractivity contribution in [2.75, 3.05) is 39.6 Å². The molecule has 3 unspecified atom stereocenters. The lowest BCUT2D eigenvalue weighted by atomic mass is 10.0. The molecule has 542 valence electrons. The number of aliphatic hydroxyl groups is 1. The number of rotatable bonds is 69. The second-order valence-electron chi connectivity index (χ2n) is 27.1. The molecule has 0 fully saturated rings. The minimum absolute atomic E-state index is 0.0997. The molecular weight excluding hydrogens is 1210 g/mol. The predicted octanol–water partition coefficient (Wildman–Crippen LogP) is 20.6. The quantitative estimate of drug-likeness (QED) is 0.0169. The monoisotopic (exact) mass is 1350 g/mol. The average molecular weight is 1350 g/mol. The van der Waals surface area contributed by atoms with Gasteiger partial charge in [-0.25, -0.2) is 9.13 Å². The van der Waals surface area contributed by atoms with Crippen LogP contribution in [0.2, 0.25) is 0 Å². The summed E-state index contributed by atoms with van der Waals surface area (Å²) in [5.41, 5.74) is 0. The van der Waals surface area contributed by atoms with Gasteiger partial charge in [0.25, 0.3) is 0 Å². The van der Waals surface area contributed by atoms with Gasteiger partial charge in [0, 0.05) is 25.7 Å². The molecule has 17 nitrogen and oxygen atoms in total. The van der Waals surface area contributed by atoms with Crippen molar-refractivity contribution in [3.05, 3.63) is 24.3 Å². The number of carbonyl (C=O) groups is 4. The first-order valence-corrected chi connectivity index (χ1v) is 40.2. The van der Waals surface area contributed by atoms with E-state index in [1.807, 2.05) is 0 Å². The Morgan fingerprint density at radius 3 is 0.880 bits per heavy atom. The molecule has 0 aromatic carbocycles. The van der Waals surface area contributed by atoms with E-state index in [2.05, 4.69) is 72.8 Å². The molecule has 0 aromatic rings. The second-order valence-corrected chi connectivity index (χ2v) is 30.0. The fraction of sp³-hybridized carbons (Fsp3) is 0.890. The number of carbonyl (C=O) groups excluding carboxylic acids is 4. The van der Waals surface area contributed by atoms with Crippen molar-refractivity contribution in [1.29, 1.82) is 0 Å². The molecule has 0 aliphatic carbocycles. The molecule has 0 spiro atoms. The van der Waals surface area contributed by atoms with Crippen LogP contribution in [0.15, 0.2) is 24.3 Å². The zero-order chi connectivity index (χ0) is 68.0. The summed E-state index contributed by atoms with van der Waals surface area (Å²) in [4.78, 5) is 72.6. The number of aliphatic hydroxyl groups excluding tert-OH is 1. The van der Waals surface area contributed by atoms with E-state index in [0.717, 1.165) is 121 Å². The van der Waals surface area contributed by atoms with E-state index >= 15 is 0 Å². The molecule has 0 bridgehead atoms. The fourth-order valence-electron chi connectivity index (χ4n) is 10.5. The molecule has 0 saturated carbocycles. The Kier molecular flexibility index (Phi) is 61.6.